The van der Waals surface area contributed by atoms with E-state index in [0.29, 0.717) is 5.46 Å². The molecule has 28 heavy (non-hydrogen) atoms. The van der Waals surface area contributed by atoms with Crippen molar-refractivity contribution in [1.82, 2.24) is 0 Å². The van der Waals surface area contributed by atoms with Gasteiger partial charge >= 0.3 is 7.12 Å². The van der Waals surface area contributed by atoms with Crippen molar-refractivity contribution in [1.29, 1.82) is 0 Å². The first-order chi connectivity index (χ1) is 13.3. The summed E-state index contributed by atoms with van der Waals surface area (Å²) >= 11 is 0. The quantitative estimate of drug-likeness (QED) is 0.567. The van der Waals surface area contributed by atoms with Gasteiger partial charge in [-0.25, -0.2) is 4.39 Å². The maximum Gasteiger partial charge on any atom is 0.497 e. The smallest absolute Gasteiger partial charge is 0.399 e. The molecule has 1 aliphatic heterocycles. The van der Waals surface area contributed by atoms with Crippen LogP contribution in [-0.4, -0.2) is 18.3 Å². The molecule has 1 fully saturated rings. The minimum Gasteiger partial charge on any atom is -0.399 e. The van der Waals surface area contributed by atoms with E-state index in [0.717, 1.165) is 16.7 Å². The molecule has 0 aromatic heterocycles. The third-order valence-corrected chi connectivity index (χ3v) is 5.83. The molecular formula is C24H24BFO2. The highest BCUT2D eigenvalue weighted by Crippen LogP contribution is 2.37. The van der Waals surface area contributed by atoms with Crippen LogP contribution in [-0.2, 0) is 9.31 Å². The van der Waals surface area contributed by atoms with E-state index in [1.807, 2.05) is 52.0 Å². The predicted molar refractivity (Wildman–Crippen MR) is 113 cm³/mol. The van der Waals surface area contributed by atoms with Crippen molar-refractivity contribution in [3.63, 3.8) is 0 Å². The first kappa shape index (κ1) is 18.9. The van der Waals surface area contributed by atoms with Crippen molar-refractivity contribution in [3.8, 4) is 22.3 Å². The molecule has 2 nitrogen and oxygen atoms in total. The number of hydrogen-bond donors (Lipinski definition) is 0. The highest BCUT2D eigenvalue weighted by molar-refractivity contribution is 6.62. The fraction of sp³-hybridized carbons (Fsp3) is 0.250. The normalized spacial score (nSPS) is 17.7. The Kier molecular flexibility index (Phi) is 4.64. The molecule has 4 heteroatoms. The topological polar surface area (TPSA) is 18.5 Å². The van der Waals surface area contributed by atoms with Crippen LogP contribution < -0.4 is 5.46 Å². The van der Waals surface area contributed by atoms with Crippen molar-refractivity contribution >= 4 is 12.6 Å². The highest BCUT2D eigenvalue weighted by Gasteiger charge is 2.52. The Morgan fingerprint density at radius 1 is 0.643 bits per heavy atom. The molecule has 1 heterocycles. The Hall–Kier alpha value is -2.43. The summed E-state index contributed by atoms with van der Waals surface area (Å²) in [5.41, 5.74) is 3.71. The zero-order chi connectivity index (χ0) is 19.9. The van der Waals surface area contributed by atoms with E-state index in [2.05, 4.69) is 36.4 Å². The Morgan fingerprint density at radius 2 is 1.11 bits per heavy atom. The summed E-state index contributed by atoms with van der Waals surface area (Å²) in [6.07, 6.45) is 0. The Labute approximate surface area is 166 Å². The lowest BCUT2D eigenvalue weighted by atomic mass is 9.77. The van der Waals surface area contributed by atoms with Crippen LogP contribution in [0.4, 0.5) is 4.39 Å². The molecule has 0 bridgehead atoms. The molecule has 1 aliphatic rings. The van der Waals surface area contributed by atoms with E-state index in [1.54, 1.807) is 6.07 Å². The standard InChI is InChI=1S/C24H24BFO2/c1-23(2)24(3,4)28-25(27-23)21-16-20(14-15-22(21)26)19-12-10-18(11-13-19)17-8-6-5-7-9-17/h5-16H,1-4H3. The molecule has 3 aromatic rings. The number of rotatable bonds is 3. The first-order valence-corrected chi connectivity index (χ1v) is 9.58. The Morgan fingerprint density at radius 3 is 1.68 bits per heavy atom. The van der Waals surface area contributed by atoms with Crippen LogP contribution >= 0.6 is 0 Å². The second-order valence-corrected chi connectivity index (χ2v) is 8.27. The van der Waals surface area contributed by atoms with Crippen LogP contribution in [0.15, 0.2) is 72.8 Å². The van der Waals surface area contributed by atoms with Gasteiger partial charge in [-0.2, -0.15) is 0 Å². The molecule has 0 aliphatic carbocycles. The maximum atomic E-state index is 14.6. The van der Waals surface area contributed by atoms with Crippen LogP contribution in [0.2, 0.25) is 0 Å². The van der Waals surface area contributed by atoms with E-state index < -0.39 is 18.3 Å². The number of hydrogen-bond acceptors (Lipinski definition) is 2. The predicted octanol–water partition coefficient (Wildman–Crippen LogP) is 5.46. The second kappa shape index (κ2) is 6.87. The summed E-state index contributed by atoms with van der Waals surface area (Å²) < 4.78 is 26.6. The lowest BCUT2D eigenvalue weighted by molar-refractivity contribution is 0.00578. The van der Waals surface area contributed by atoms with Crippen LogP contribution in [0, 0.1) is 5.82 Å². The molecule has 0 spiro atoms. The molecule has 3 aromatic carbocycles. The summed E-state index contributed by atoms with van der Waals surface area (Å²) in [5, 5.41) is 0. The monoisotopic (exact) mass is 374 g/mol. The second-order valence-electron chi connectivity index (χ2n) is 8.27. The van der Waals surface area contributed by atoms with Gasteiger partial charge in [-0.05, 0) is 56.0 Å². The summed E-state index contributed by atoms with van der Waals surface area (Å²) in [4.78, 5) is 0. The average Bonchev–Trinajstić information content (AvgIpc) is 2.90. The van der Waals surface area contributed by atoms with Gasteiger partial charge in [-0.15, -0.1) is 0 Å². The molecule has 1 saturated heterocycles. The van der Waals surface area contributed by atoms with Gasteiger partial charge in [0.05, 0.1) is 11.2 Å². The minimum atomic E-state index is -0.714. The molecule has 4 rings (SSSR count). The molecule has 0 amide bonds. The van der Waals surface area contributed by atoms with Gasteiger partial charge in [0.15, 0.2) is 0 Å². The lowest BCUT2D eigenvalue weighted by Crippen LogP contribution is -2.41. The molecule has 0 radical (unpaired) electrons. The van der Waals surface area contributed by atoms with Crippen molar-refractivity contribution in [2.24, 2.45) is 0 Å². The summed E-state index contributed by atoms with van der Waals surface area (Å²) in [6.45, 7) is 7.88. The maximum absolute atomic E-state index is 14.6. The average molecular weight is 374 g/mol. The number of halogens is 1. The van der Waals surface area contributed by atoms with Gasteiger partial charge in [0.1, 0.15) is 5.82 Å². The Bertz CT molecular complexity index is 965. The lowest BCUT2D eigenvalue weighted by Gasteiger charge is -2.32. The molecule has 0 atom stereocenters. The molecular weight excluding hydrogens is 350 g/mol. The number of benzene rings is 3. The highest BCUT2D eigenvalue weighted by atomic mass is 19.1. The molecule has 142 valence electrons. The first-order valence-electron chi connectivity index (χ1n) is 9.58. The van der Waals surface area contributed by atoms with Crippen LogP contribution in [0.25, 0.3) is 22.3 Å². The summed E-state index contributed by atoms with van der Waals surface area (Å²) in [6, 6.07) is 23.6. The van der Waals surface area contributed by atoms with Crippen LogP contribution in [0.5, 0.6) is 0 Å². The SMILES string of the molecule is CC1(C)OB(c2cc(-c3ccc(-c4ccccc4)cc3)ccc2F)OC1(C)C. The third-order valence-electron chi connectivity index (χ3n) is 5.83. The molecule has 0 saturated carbocycles. The fourth-order valence-corrected chi connectivity index (χ4v) is 3.36. The van der Waals surface area contributed by atoms with Crippen LogP contribution in [0.1, 0.15) is 27.7 Å². The third kappa shape index (κ3) is 3.39. The van der Waals surface area contributed by atoms with E-state index in [4.69, 9.17) is 9.31 Å². The summed E-state index contributed by atoms with van der Waals surface area (Å²) in [5.74, 6) is -0.317. The van der Waals surface area contributed by atoms with Crippen molar-refractivity contribution < 1.29 is 13.7 Å². The zero-order valence-electron chi connectivity index (χ0n) is 16.7. The van der Waals surface area contributed by atoms with Gasteiger partial charge in [0.25, 0.3) is 0 Å². The van der Waals surface area contributed by atoms with E-state index in [1.165, 1.54) is 11.6 Å². The molecule has 0 N–H and O–H groups in total. The van der Waals surface area contributed by atoms with Crippen LogP contribution in [0.3, 0.4) is 0 Å². The Balaban J connectivity index is 1.65. The van der Waals surface area contributed by atoms with E-state index >= 15 is 0 Å². The van der Waals surface area contributed by atoms with E-state index in [9.17, 15) is 4.39 Å². The molecule has 0 unspecified atom stereocenters. The van der Waals surface area contributed by atoms with Gasteiger partial charge in [-0.3, -0.25) is 0 Å². The van der Waals surface area contributed by atoms with Crippen molar-refractivity contribution in [2.75, 3.05) is 0 Å². The van der Waals surface area contributed by atoms with Gasteiger partial charge in [-0.1, -0.05) is 66.7 Å². The van der Waals surface area contributed by atoms with Gasteiger partial charge in [0.2, 0.25) is 0 Å². The van der Waals surface area contributed by atoms with Crippen molar-refractivity contribution in [3.05, 3.63) is 78.6 Å². The largest absolute Gasteiger partial charge is 0.497 e. The van der Waals surface area contributed by atoms with Gasteiger partial charge in [0, 0.05) is 5.46 Å². The van der Waals surface area contributed by atoms with Gasteiger partial charge < -0.3 is 9.31 Å². The summed E-state index contributed by atoms with van der Waals surface area (Å²) in [7, 11) is -0.714. The fourth-order valence-electron chi connectivity index (χ4n) is 3.36. The van der Waals surface area contributed by atoms with Crippen molar-refractivity contribution in [2.45, 2.75) is 38.9 Å². The minimum absolute atomic E-state index is 0.317. The zero-order valence-corrected chi connectivity index (χ0v) is 16.7. The van der Waals surface area contributed by atoms with E-state index in [-0.39, 0.29) is 5.82 Å².